The maximum Gasteiger partial charge on any atom is 0.0547 e. The third-order valence-electron chi connectivity index (χ3n) is 4.85. The highest BCUT2D eigenvalue weighted by atomic mass is 79.9. The van der Waals surface area contributed by atoms with Gasteiger partial charge >= 0.3 is 0 Å². The second-order valence-electron chi connectivity index (χ2n) is 6.29. The van der Waals surface area contributed by atoms with Crippen molar-refractivity contribution in [2.75, 3.05) is 0 Å². The highest BCUT2D eigenvalue weighted by Crippen LogP contribution is 2.37. The molecule has 1 aliphatic rings. The number of benzene rings is 3. The number of allylic oxidation sites excluding steroid dienone is 4. The van der Waals surface area contributed by atoms with Crippen LogP contribution in [0.5, 0.6) is 0 Å². The molecule has 1 aromatic heterocycles. The largest absolute Gasteiger partial charge is 0.310 e. The molecular weight excluding hydrogens is 358 g/mol. The van der Waals surface area contributed by atoms with Crippen molar-refractivity contribution in [2.45, 2.75) is 12.8 Å². The van der Waals surface area contributed by atoms with Crippen molar-refractivity contribution in [3.05, 3.63) is 77.3 Å². The van der Waals surface area contributed by atoms with Crippen LogP contribution < -0.4 is 0 Å². The Morgan fingerprint density at radius 2 is 1.75 bits per heavy atom. The van der Waals surface area contributed by atoms with Gasteiger partial charge in [0.2, 0.25) is 0 Å². The van der Waals surface area contributed by atoms with Gasteiger partial charge in [-0.2, -0.15) is 0 Å². The highest BCUT2D eigenvalue weighted by Gasteiger charge is 2.15. The minimum absolute atomic E-state index is 1.11. The van der Waals surface area contributed by atoms with Gasteiger partial charge in [-0.1, -0.05) is 58.4 Å². The molecule has 5 rings (SSSR count). The quantitative estimate of drug-likeness (QED) is 0.341. The van der Waals surface area contributed by atoms with Crippen molar-refractivity contribution in [2.24, 2.45) is 0 Å². The van der Waals surface area contributed by atoms with E-state index in [1.54, 1.807) is 0 Å². The van der Waals surface area contributed by atoms with Crippen LogP contribution >= 0.6 is 15.9 Å². The van der Waals surface area contributed by atoms with Gasteiger partial charge in [0.25, 0.3) is 0 Å². The normalized spacial score (nSPS) is 14.6. The van der Waals surface area contributed by atoms with Gasteiger partial charge in [-0.15, -0.1) is 0 Å². The Bertz CT molecular complexity index is 1160. The van der Waals surface area contributed by atoms with Crippen LogP contribution in [0, 0.1) is 0 Å². The van der Waals surface area contributed by atoms with Gasteiger partial charge in [0.1, 0.15) is 0 Å². The maximum absolute atomic E-state index is 3.59. The Hall–Kier alpha value is -2.32. The number of halogens is 1. The van der Waals surface area contributed by atoms with Gasteiger partial charge in [0.05, 0.1) is 11.0 Å². The monoisotopic (exact) mass is 373 g/mol. The smallest absolute Gasteiger partial charge is 0.0547 e. The molecule has 1 nitrogen and oxygen atoms in total. The lowest BCUT2D eigenvalue weighted by molar-refractivity contribution is 1.02. The molecule has 116 valence electrons. The molecule has 0 unspecified atom stereocenters. The molecule has 0 radical (unpaired) electrons. The third-order valence-corrected chi connectivity index (χ3v) is 5.34. The first-order chi connectivity index (χ1) is 11.8. The minimum atomic E-state index is 1.11. The third kappa shape index (κ3) is 1.99. The van der Waals surface area contributed by atoms with Crippen LogP contribution in [0.3, 0.4) is 0 Å². The molecule has 0 amide bonds. The van der Waals surface area contributed by atoms with E-state index in [0.717, 1.165) is 17.3 Å². The topological polar surface area (TPSA) is 4.93 Å². The lowest BCUT2D eigenvalue weighted by Gasteiger charge is -2.12. The molecule has 3 aromatic carbocycles. The van der Waals surface area contributed by atoms with Gasteiger partial charge in [-0.05, 0) is 54.0 Å². The van der Waals surface area contributed by atoms with Crippen molar-refractivity contribution >= 4 is 54.2 Å². The van der Waals surface area contributed by atoms with E-state index in [0.29, 0.717) is 0 Å². The molecular formula is C22H16BrN. The summed E-state index contributed by atoms with van der Waals surface area (Å²) in [7, 11) is 0. The molecule has 0 saturated heterocycles. The predicted molar refractivity (Wildman–Crippen MR) is 107 cm³/mol. The first-order valence-electron chi connectivity index (χ1n) is 8.31. The van der Waals surface area contributed by atoms with Crippen LogP contribution in [0.1, 0.15) is 12.8 Å². The van der Waals surface area contributed by atoms with Gasteiger partial charge in [0.15, 0.2) is 0 Å². The number of para-hydroxylation sites is 1. The summed E-state index contributed by atoms with van der Waals surface area (Å²) in [6.45, 7) is 0. The summed E-state index contributed by atoms with van der Waals surface area (Å²) in [5.74, 6) is 0. The summed E-state index contributed by atoms with van der Waals surface area (Å²) < 4.78 is 3.53. The summed E-state index contributed by atoms with van der Waals surface area (Å²) in [6.07, 6.45) is 9.12. The molecule has 0 bridgehead atoms. The SMILES string of the molecule is Brc1ccc2c(ccc3c2c2ccccc2n3C2=CCCC=C2)c1. The highest BCUT2D eigenvalue weighted by molar-refractivity contribution is 9.10. The number of fused-ring (bicyclic) bond motifs is 5. The summed E-state index contributed by atoms with van der Waals surface area (Å²) in [6, 6.07) is 19.8. The van der Waals surface area contributed by atoms with Gasteiger partial charge in [-0.25, -0.2) is 0 Å². The van der Waals surface area contributed by atoms with Crippen LogP contribution in [0.25, 0.3) is 38.3 Å². The first-order valence-corrected chi connectivity index (χ1v) is 9.11. The van der Waals surface area contributed by atoms with Crippen molar-refractivity contribution in [3.63, 3.8) is 0 Å². The van der Waals surface area contributed by atoms with Crippen molar-refractivity contribution < 1.29 is 0 Å². The standard InChI is InChI=1S/C22H16BrN/c23-16-11-12-18-15(14-16)10-13-21-22(18)19-8-4-5-9-20(19)24(21)17-6-2-1-3-7-17/h2,4-14H,1,3H2. The Balaban J connectivity index is 2.00. The number of hydrogen-bond acceptors (Lipinski definition) is 0. The number of aromatic nitrogens is 1. The van der Waals surface area contributed by atoms with Crippen LogP contribution in [0.4, 0.5) is 0 Å². The number of hydrogen-bond donors (Lipinski definition) is 0. The number of nitrogens with zero attached hydrogens (tertiary/aromatic N) is 1. The Kier molecular flexibility index (Phi) is 3.14. The first kappa shape index (κ1) is 14.1. The Labute approximate surface area is 149 Å². The van der Waals surface area contributed by atoms with E-state index in [1.807, 2.05) is 0 Å². The van der Waals surface area contributed by atoms with E-state index in [1.165, 1.54) is 38.3 Å². The molecule has 0 spiro atoms. The van der Waals surface area contributed by atoms with E-state index in [2.05, 4.69) is 93.3 Å². The zero-order valence-electron chi connectivity index (χ0n) is 13.2. The molecule has 0 atom stereocenters. The summed E-state index contributed by atoms with van der Waals surface area (Å²) in [5.41, 5.74) is 3.84. The summed E-state index contributed by atoms with van der Waals surface area (Å²) in [4.78, 5) is 0. The van der Waals surface area contributed by atoms with Gasteiger partial charge in [0, 0.05) is 20.9 Å². The van der Waals surface area contributed by atoms with E-state index < -0.39 is 0 Å². The van der Waals surface area contributed by atoms with Crippen LogP contribution in [-0.4, -0.2) is 4.57 Å². The van der Waals surface area contributed by atoms with Crippen molar-refractivity contribution in [3.8, 4) is 0 Å². The Morgan fingerprint density at radius 1 is 0.833 bits per heavy atom. The van der Waals surface area contributed by atoms with Crippen LogP contribution in [0.15, 0.2) is 77.3 Å². The molecule has 1 aliphatic carbocycles. The van der Waals surface area contributed by atoms with Crippen LogP contribution in [0.2, 0.25) is 0 Å². The van der Waals surface area contributed by atoms with Gasteiger partial charge < -0.3 is 4.57 Å². The fourth-order valence-corrected chi connectivity index (χ4v) is 4.19. The van der Waals surface area contributed by atoms with Gasteiger partial charge in [-0.3, -0.25) is 0 Å². The second-order valence-corrected chi connectivity index (χ2v) is 7.20. The second kappa shape index (κ2) is 5.35. The van der Waals surface area contributed by atoms with Crippen molar-refractivity contribution in [1.82, 2.24) is 4.57 Å². The van der Waals surface area contributed by atoms with E-state index >= 15 is 0 Å². The summed E-state index contributed by atoms with van der Waals surface area (Å²) >= 11 is 3.59. The molecule has 0 fully saturated rings. The molecule has 0 saturated carbocycles. The predicted octanol–water partition coefficient (Wildman–Crippen LogP) is 6.90. The molecule has 24 heavy (non-hydrogen) atoms. The van der Waals surface area contributed by atoms with E-state index in [-0.39, 0.29) is 0 Å². The lowest BCUT2D eigenvalue weighted by Crippen LogP contribution is -1.96. The molecule has 0 aliphatic heterocycles. The summed E-state index contributed by atoms with van der Waals surface area (Å²) in [5, 5.41) is 5.25. The minimum Gasteiger partial charge on any atom is -0.310 e. The maximum atomic E-state index is 3.59. The van der Waals surface area contributed by atoms with Crippen LogP contribution in [-0.2, 0) is 0 Å². The van der Waals surface area contributed by atoms with E-state index in [4.69, 9.17) is 0 Å². The fourth-order valence-electron chi connectivity index (χ4n) is 3.81. The molecule has 4 aromatic rings. The lowest BCUT2D eigenvalue weighted by atomic mass is 10.0. The zero-order chi connectivity index (χ0) is 16.1. The average molecular weight is 374 g/mol. The Morgan fingerprint density at radius 3 is 2.62 bits per heavy atom. The molecule has 0 N–H and O–H groups in total. The van der Waals surface area contributed by atoms with E-state index in [9.17, 15) is 0 Å². The zero-order valence-corrected chi connectivity index (χ0v) is 14.8. The fraction of sp³-hybridized carbons (Fsp3) is 0.0909. The average Bonchev–Trinajstić information content (AvgIpc) is 2.97. The molecule has 2 heteroatoms. The molecule has 1 heterocycles. The number of rotatable bonds is 1. The van der Waals surface area contributed by atoms with Crippen molar-refractivity contribution in [1.29, 1.82) is 0 Å².